The molecule has 1 amide bonds. The van der Waals surface area contributed by atoms with Gasteiger partial charge >= 0.3 is 0 Å². The van der Waals surface area contributed by atoms with E-state index in [-0.39, 0.29) is 17.2 Å². The van der Waals surface area contributed by atoms with Gasteiger partial charge in [0.1, 0.15) is 0 Å². The number of amides is 1. The lowest BCUT2D eigenvalue weighted by Crippen LogP contribution is -2.37. The Kier molecular flexibility index (Phi) is 6.10. The van der Waals surface area contributed by atoms with Gasteiger partial charge in [0.2, 0.25) is 5.91 Å². The molecule has 2 N–H and O–H groups in total. The second-order valence-corrected chi connectivity index (χ2v) is 6.52. The van der Waals surface area contributed by atoms with E-state index in [4.69, 9.17) is 18.0 Å². The van der Waals surface area contributed by atoms with Crippen LogP contribution in [-0.2, 0) is 4.79 Å². The number of carbonyl (C=O) groups is 1. The molecule has 0 rings (SSSR count). The first-order valence-electron chi connectivity index (χ1n) is 6.09. The third kappa shape index (κ3) is 6.01. The fraction of sp³-hybridized carbons (Fsp3) is 0.846. The van der Waals surface area contributed by atoms with Gasteiger partial charge in [-0.1, -0.05) is 46.8 Å². The summed E-state index contributed by atoms with van der Waals surface area (Å²) in [5, 5.41) is 0. The van der Waals surface area contributed by atoms with Crippen molar-refractivity contribution in [3.05, 3.63) is 0 Å². The molecule has 2 unspecified atom stereocenters. The van der Waals surface area contributed by atoms with Gasteiger partial charge in [0.25, 0.3) is 0 Å². The van der Waals surface area contributed by atoms with Gasteiger partial charge in [-0.2, -0.15) is 0 Å². The zero-order chi connectivity index (χ0) is 13.8. The van der Waals surface area contributed by atoms with Crippen molar-refractivity contribution in [2.45, 2.75) is 41.0 Å². The third-order valence-corrected chi connectivity index (χ3v) is 3.82. The highest BCUT2D eigenvalue weighted by atomic mass is 32.1. The Morgan fingerprint density at radius 2 is 1.82 bits per heavy atom. The second kappa shape index (κ2) is 6.34. The Morgan fingerprint density at radius 1 is 1.35 bits per heavy atom. The molecule has 0 heterocycles. The fourth-order valence-corrected chi connectivity index (χ4v) is 1.40. The predicted octanol–water partition coefficient (Wildman–Crippen LogP) is 2.44. The number of nitrogens with zero attached hydrogens (tertiary/aromatic N) is 1. The lowest BCUT2D eigenvalue weighted by atomic mass is 9.80. The van der Waals surface area contributed by atoms with E-state index in [0.717, 1.165) is 0 Å². The van der Waals surface area contributed by atoms with Crippen molar-refractivity contribution in [1.29, 1.82) is 0 Å². The van der Waals surface area contributed by atoms with Gasteiger partial charge in [-0.15, -0.1) is 0 Å². The number of hydrogen-bond acceptors (Lipinski definition) is 2. The van der Waals surface area contributed by atoms with Gasteiger partial charge < -0.3 is 10.6 Å². The van der Waals surface area contributed by atoms with E-state index in [1.165, 1.54) is 0 Å². The van der Waals surface area contributed by atoms with E-state index in [0.29, 0.717) is 23.9 Å². The maximum atomic E-state index is 12.0. The van der Waals surface area contributed by atoms with Crippen molar-refractivity contribution in [3.63, 3.8) is 0 Å². The largest absolute Gasteiger partial charge is 0.393 e. The van der Waals surface area contributed by atoms with E-state index in [1.54, 1.807) is 4.90 Å². The summed E-state index contributed by atoms with van der Waals surface area (Å²) in [7, 11) is 1.81. The number of carbonyl (C=O) groups excluding carboxylic acids is 1. The Morgan fingerprint density at radius 3 is 2.18 bits per heavy atom. The van der Waals surface area contributed by atoms with Crippen molar-refractivity contribution >= 4 is 23.1 Å². The summed E-state index contributed by atoms with van der Waals surface area (Å²) in [4.78, 5) is 14.2. The van der Waals surface area contributed by atoms with Crippen LogP contribution in [0.3, 0.4) is 0 Å². The van der Waals surface area contributed by atoms with Crippen molar-refractivity contribution in [2.24, 2.45) is 23.0 Å². The third-order valence-electron chi connectivity index (χ3n) is 3.42. The first-order chi connectivity index (χ1) is 7.55. The normalized spacial score (nSPS) is 15.2. The maximum Gasteiger partial charge on any atom is 0.222 e. The van der Waals surface area contributed by atoms with Crippen LogP contribution in [-0.4, -0.2) is 29.4 Å². The van der Waals surface area contributed by atoms with E-state index in [9.17, 15) is 4.79 Å². The van der Waals surface area contributed by atoms with Crippen molar-refractivity contribution in [2.75, 3.05) is 13.6 Å². The van der Waals surface area contributed by atoms with Crippen LogP contribution in [0.5, 0.6) is 0 Å². The minimum Gasteiger partial charge on any atom is -0.393 e. The highest BCUT2D eigenvalue weighted by Gasteiger charge is 2.24. The number of nitrogens with two attached hydrogens (primary N) is 1. The molecule has 0 aliphatic carbocycles. The minimum absolute atomic E-state index is 0.0730. The molecule has 0 aromatic rings. The molecule has 0 bridgehead atoms. The summed E-state index contributed by atoms with van der Waals surface area (Å²) in [5.41, 5.74) is 5.71. The number of hydrogen-bond donors (Lipinski definition) is 1. The smallest absolute Gasteiger partial charge is 0.222 e. The monoisotopic (exact) mass is 258 g/mol. The average Bonchev–Trinajstić information content (AvgIpc) is 2.15. The summed E-state index contributed by atoms with van der Waals surface area (Å²) in [6, 6.07) is 0. The van der Waals surface area contributed by atoms with E-state index < -0.39 is 0 Å². The number of thiocarbonyl (C=S) groups is 1. The molecule has 0 aromatic carbocycles. The molecule has 0 saturated carbocycles. The average molecular weight is 258 g/mol. The van der Waals surface area contributed by atoms with Gasteiger partial charge in [-0.3, -0.25) is 4.79 Å². The van der Waals surface area contributed by atoms with Gasteiger partial charge in [0.15, 0.2) is 0 Å². The lowest BCUT2D eigenvalue weighted by molar-refractivity contribution is -0.131. The SMILES string of the molecule is CC(CN(C)C(=O)CC(C)C(C)(C)C)C(N)=S. The molecule has 0 spiro atoms. The van der Waals surface area contributed by atoms with Crippen molar-refractivity contribution < 1.29 is 4.79 Å². The second-order valence-electron chi connectivity index (χ2n) is 6.05. The Bertz CT molecular complexity index is 284. The van der Waals surface area contributed by atoms with Gasteiger partial charge in [0.05, 0.1) is 4.99 Å². The van der Waals surface area contributed by atoms with E-state index in [1.807, 2.05) is 14.0 Å². The molecule has 0 aromatic heterocycles. The summed E-state index contributed by atoms with van der Waals surface area (Å²) < 4.78 is 0. The fourth-order valence-electron chi connectivity index (χ4n) is 1.33. The van der Waals surface area contributed by atoms with Crippen LogP contribution in [0.25, 0.3) is 0 Å². The molecule has 17 heavy (non-hydrogen) atoms. The van der Waals surface area contributed by atoms with Crippen LogP contribution in [0.15, 0.2) is 0 Å². The summed E-state index contributed by atoms with van der Waals surface area (Å²) in [6.07, 6.45) is 0.573. The summed E-state index contributed by atoms with van der Waals surface area (Å²) in [5.74, 6) is 0.594. The highest BCUT2D eigenvalue weighted by Crippen LogP contribution is 2.28. The molecule has 0 radical (unpaired) electrons. The highest BCUT2D eigenvalue weighted by molar-refractivity contribution is 7.80. The zero-order valence-electron chi connectivity index (χ0n) is 11.9. The molecule has 0 saturated heterocycles. The topological polar surface area (TPSA) is 46.3 Å². The van der Waals surface area contributed by atoms with Crippen LogP contribution in [0.2, 0.25) is 0 Å². The van der Waals surface area contributed by atoms with Crippen LogP contribution in [0.1, 0.15) is 41.0 Å². The van der Waals surface area contributed by atoms with E-state index >= 15 is 0 Å². The zero-order valence-corrected chi connectivity index (χ0v) is 12.7. The molecule has 0 aliphatic rings. The molecule has 0 aliphatic heterocycles. The van der Waals surface area contributed by atoms with Gasteiger partial charge in [-0.05, 0) is 11.3 Å². The maximum absolute atomic E-state index is 12.0. The predicted molar refractivity (Wildman–Crippen MR) is 76.8 cm³/mol. The van der Waals surface area contributed by atoms with Gasteiger partial charge in [-0.25, -0.2) is 0 Å². The molecular formula is C13H26N2OS. The first-order valence-corrected chi connectivity index (χ1v) is 6.49. The molecule has 4 heteroatoms. The Hall–Kier alpha value is -0.640. The number of rotatable bonds is 5. The minimum atomic E-state index is 0.0730. The lowest BCUT2D eigenvalue weighted by Gasteiger charge is -2.29. The quantitative estimate of drug-likeness (QED) is 0.770. The van der Waals surface area contributed by atoms with Crippen LogP contribution < -0.4 is 5.73 Å². The Balaban J connectivity index is 4.29. The van der Waals surface area contributed by atoms with Crippen LogP contribution >= 0.6 is 12.2 Å². The summed E-state index contributed by atoms with van der Waals surface area (Å²) >= 11 is 4.91. The van der Waals surface area contributed by atoms with Gasteiger partial charge in [0, 0.05) is 25.9 Å². The standard InChI is InChI=1S/C13H26N2OS/c1-9(12(14)17)8-15(6)11(16)7-10(2)13(3,4)5/h9-10H,7-8H2,1-6H3,(H2,14,17). The Labute approximate surface area is 111 Å². The first kappa shape index (κ1) is 16.4. The van der Waals surface area contributed by atoms with Crippen molar-refractivity contribution in [1.82, 2.24) is 4.90 Å². The molecule has 2 atom stereocenters. The van der Waals surface area contributed by atoms with E-state index in [2.05, 4.69) is 27.7 Å². The van der Waals surface area contributed by atoms with Crippen molar-refractivity contribution in [3.8, 4) is 0 Å². The van der Waals surface area contributed by atoms with Crippen LogP contribution in [0.4, 0.5) is 0 Å². The van der Waals surface area contributed by atoms with Crippen LogP contribution in [0, 0.1) is 17.3 Å². The molecule has 0 fully saturated rings. The molecular weight excluding hydrogens is 232 g/mol. The molecule has 3 nitrogen and oxygen atoms in total. The summed E-state index contributed by atoms with van der Waals surface area (Å²) in [6.45, 7) is 11.1. The molecule has 100 valence electrons.